The summed E-state index contributed by atoms with van der Waals surface area (Å²) in [6.07, 6.45) is 1.14. The second kappa shape index (κ2) is 6.32. The standard InChI is InChI=1S/C13H10ClN3O5S/c14-9-4-8(13(18)12(5-9)17(19)20)7-16-10-2-1-3-11(6-10)23(15,21)22/h1-7,18H,(H2,15,21,22). The highest BCUT2D eigenvalue weighted by atomic mass is 35.5. The molecule has 8 nitrogen and oxygen atoms in total. The van der Waals surface area contributed by atoms with E-state index in [2.05, 4.69) is 4.99 Å². The first-order valence-corrected chi connectivity index (χ1v) is 7.95. The van der Waals surface area contributed by atoms with Gasteiger partial charge in [-0.25, -0.2) is 13.6 Å². The summed E-state index contributed by atoms with van der Waals surface area (Å²) < 4.78 is 22.5. The third-order valence-electron chi connectivity index (χ3n) is 2.78. The molecule has 0 fully saturated rings. The van der Waals surface area contributed by atoms with Gasteiger partial charge < -0.3 is 5.11 Å². The van der Waals surface area contributed by atoms with E-state index in [1.54, 1.807) is 0 Å². The van der Waals surface area contributed by atoms with Crippen molar-refractivity contribution in [3.05, 3.63) is 57.1 Å². The van der Waals surface area contributed by atoms with Crippen LogP contribution in [0.3, 0.4) is 0 Å². The van der Waals surface area contributed by atoms with Crippen molar-refractivity contribution in [2.24, 2.45) is 10.1 Å². The van der Waals surface area contributed by atoms with Crippen molar-refractivity contribution >= 4 is 39.2 Å². The normalized spacial score (nSPS) is 11.7. The highest BCUT2D eigenvalue weighted by Crippen LogP contribution is 2.32. The number of primary sulfonamides is 1. The number of nitrogens with zero attached hydrogens (tertiary/aromatic N) is 2. The van der Waals surface area contributed by atoms with Crippen LogP contribution in [0.5, 0.6) is 5.75 Å². The van der Waals surface area contributed by atoms with Gasteiger partial charge in [0.05, 0.1) is 15.5 Å². The molecule has 0 bridgehead atoms. The lowest BCUT2D eigenvalue weighted by atomic mass is 10.2. The number of hydrogen-bond donors (Lipinski definition) is 2. The Morgan fingerprint density at radius 2 is 2.00 bits per heavy atom. The number of phenolic OH excluding ortho intramolecular Hbond substituents is 1. The van der Waals surface area contributed by atoms with Crippen molar-refractivity contribution in [1.82, 2.24) is 0 Å². The van der Waals surface area contributed by atoms with E-state index in [1.807, 2.05) is 0 Å². The van der Waals surface area contributed by atoms with E-state index in [0.717, 1.165) is 12.3 Å². The summed E-state index contributed by atoms with van der Waals surface area (Å²) in [5.41, 5.74) is -0.305. The number of nitrogens with two attached hydrogens (primary N) is 1. The maximum absolute atomic E-state index is 11.3. The molecule has 0 aliphatic rings. The van der Waals surface area contributed by atoms with Crippen molar-refractivity contribution in [3.63, 3.8) is 0 Å². The molecule has 0 saturated heterocycles. The van der Waals surface area contributed by atoms with E-state index in [-0.39, 0.29) is 21.2 Å². The Morgan fingerprint density at radius 3 is 2.61 bits per heavy atom. The Hall–Kier alpha value is -2.49. The quantitative estimate of drug-likeness (QED) is 0.492. The maximum atomic E-state index is 11.3. The number of sulfonamides is 1. The predicted molar refractivity (Wildman–Crippen MR) is 84.8 cm³/mol. The van der Waals surface area contributed by atoms with Gasteiger partial charge in [-0.2, -0.15) is 0 Å². The number of halogens is 1. The molecule has 0 amide bonds. The van der Waals surface area contributed by atoms with Gasteiger partial charge in [-0.1, -0.05) is 17.7 Å². The third kappa shape index (κ3) is 4.03. The zero-order chi connectivity index (χ0) is 17.2. The molecule has 0 aromatic heterocycles. The fourth-order valence-corrected chi connectivity index (χ4v) is 2.50. The largest absolute Gasteiger partial charge is 0.502 e. The molecule has 0 unspecified atom stereocenters. The molecule has 23 heavy (non-hydrogen) atoms. The zero-order valence-corrected chi connectivity index (χ0v) is 13.0. The van der Waals surface area contributed by atoms with Gasteiger partial charge in [-0.05, 0) is 24.3 Å². The molecular weight excluding hydrogens is 346 g/mol. The summed E-state index contributed by atoms with van der Waals surface area (Å²) in [7, 11) is -3.87. The van der Waals surface area contributed by atoms with Crippen LogP contribution < -0.4 is 5.14 Å². The number of hydrogen-bond acceptors (Lipinski definition) is 6. The van der Waals surface area contributed by atoms with E-state index < -0.39 is 26.4 Å². The summed E-state index contributed by atoms with van der Waals surface area (Å²) >= 11 is 5.76. The third-order valence-corrected chi connectivity index (χ3v) is 3.91. The minimum absolute atomic E-state index is 0.0187. The van der Waals surface area contributed by atoms with Crippen molar-refractivity contribution < 1.29 is 18.4 Å². The van der Waals surface area contributed by atoms with Crippen molar-refractivity contribution in [2.45, 2.75) is 4.90 Å². The number of aliphatic imine (C=N–C) groups is 1. The predicted octanol–water partition coefficient (Wildman–Crippen LogP) is 2.35. The van der Waals surface area contributed by atoms with E-state index in [0.29, 0.717) is 0 Å². The molecule has 10 heteroatoms. The van der Waals surface area contributed by atoms with E-state index in [1.165, 1.54) is 30.3 Å². The van der Waals surface area contributed by atoms with Gasteiger partial charge >= 0.3 is 5.69 Å². The van der Waals surface area contributed by atoms with Crippen LogP contribution >= 0.6 is 11.6 Å². The van der Waals surface area contributed by atoms with Crippen LogP contribution in [0.1, 0.15) is 5.56 Å². The van der Waals surface area contributed by atoms with Crippen molar-refractivity contribution in [3.8, 4) is 5.75 Å². The SMILES string of the molecule is NS(=O)(=O)c1cccc(N=Cc2cc(Cl)cc([N+](=O)[O-])c2O)c1. The molecule has 0 aliphatic carbocycles. The Balaban J connectivity index is 2.44. The molecule has 120 valence electrons. The average molecular weight is 356 g/mol. The Morgan fingerprint density at radius 1 is 1.30 bits per heavy atom. The first-order valence-electron chi connectivity index (χ1n) is 6.02. The van der Waals surface area contributed by atoms with Crippen LogP contribution in [-0.2, 0) is 10.0 Å². The van der Waals surface area contributed by atoms with Crippen LogP contribution in [0.4, 0.5) is 11.4 Å². The monoisotopic (exact) mass is 355 g/mol. The molecule has 0 radical (unpaired) electrons. The molecule has 0 atom stereocenters. The van der Waals surface area contributed by atoms with Gasteiger partial charge in [0.1, 0.15) is 0 Å². The highest BCUT2D eigenvalue weighted by Gasteiger charge is 2.17. The molecule has 2 rings (SSSR count). The molecule has 2 aromatic rings. The van der Waals surface area contributed by atoms with Gasteiger partial charge in [-0.15, -0.1) is 0 Å². The molecular formula is C13H10ClN3O5S. The number of phenols is 1. The number of aromatic hydroxyl groups is 1. The second-order valence-electron chi connectivity index (χ2n) is 4.42. The molecule has 3 N–H and O–H groups in total. The van der Waals surface area contributed by atoms with E-state index in [9.17, 15) is 23.6 Å². The fraction of sp³-hybridized carbons (Fsp3) is 0. The molecule has 0 aliphatic heterocycles. The lowest BCUT2D eigenvalue weighted by Gasteiger charge is -2.02. The minimum Gasteiger partial charge on any atom is -0.502 e. The smallest absolute Gasteiger partial charge is 0.312 e. The van der Waals surface area contributed by atoms with Crippen molar-refractivity contribution in [1.29, 1.82) is 0 Å². The number of rotatable bonds is 4. The molecule has 0 heterocycles. The first kappa shape index (κ1) is 16.9. The van der Waals surface area contributed by atoms with E-state index >= 15 is 0 Å². The van der Waals surface area contributed by atoms with Crippen LogP contribution in [0.15, 0.2) is 46.3 Å². The van der Waals surface area contributed by atoms with Gasteiger partial charge in [0.25, 0.3) is 0 Å². The summed E-state index contributed by atoms with van der Waals surface area (Å²) in [6, 6.07) is 7.76. The van der Waals surface area contributed by atoms with Crippen LogP contribution in [0, 0.1) is 10.1 Å². The van der Waals surface area contributed by atoms with Crippen LogP contribution in [0.25, 0.3) is 0 Å². The van der Waals surface area contributed by atoms with E-state index in [4.69, 9.17) is 16.7 Å². The fourth-order valence-electron chi connectivity index (χ4n) is 1.73. The molecule has 0 spiro atoms. The van der Waals surface area contributed by atoms with Gasteiger partial charge in [0.15, 0.2) is 0 Å². The van der Waals surface area contributed by atoms with Crippen LogP contribution in [0.2, 0.25) is 5.02 Å². The molecule has 0 saturated carbocycles. The van der Waals surface area contributed by atoms with Gasteiger partial charge in [0.2, 0.25) is 15.8 Å². The number of nitro groups is 1. The molecule has 2 aromatic carbocycles. The summed E-state index contributed by atoms with van der Waals surface area (Å²) in [5, 5.41) is 25.7. The average Bonchev–Trinajstić information content (AvgIpc) is 2.47. The lowest BCUT2D eigenvalue weighted by Crippen LogP contribution is -2.11. The number of nitro benzene ring substituents is 1. The Labute approximate surface area is 136 Å². The van der Waals surface area contributed by atoms with Crippen LogP contribution in [-0.4, -0.2) is 24.7 Å². The zero-order valence-electron chi connectivity index (χ0n) is 11.4. The number of benzene rings is 2. The first-order chi connectivity index (χ1) is 10.7. The summed E-state index contributed by atoms with van der Waals surface area (Å²) in [6.45, 7) is 0. The summed E-state index contributed by atoms with van der Waals surface area (Å²) in [4.78, 5) is 13.9. The Bertz CT molecular complexity index is 912. The van der Waals surface area contributed by atoms with Gasteiger partial charge in [-0.3, -0.25) is 15.1 Å². The highest BCUT2D eigenvalue weighted by molar-refractivity contribution is 7.89. The van der Waals surface area contributed by atoms with Gasteiger partial charge in [0, 0.05) is 22.9 Å². The van der Waals surface area contributed by atoms with Crippen molar-refractivity contribution in [2.75, 3.05) is 0 Å². The maximum Gasteiger partial charge on any atom is 0.312 e. The second-order valence-corrected chi connectivity index (χ2v) is 6.42. The lowest BCUT2D eigenvalue weighted by molar-refractivity contribution is -0.385. The Kier molecular flexibility index (Phi) is 4.64. The minimum atomic E-state index is -3.87. The topological polar surface area (TPSA) is 136 Å². The summed E-state index contributed by atoms with van der Waals surface area (Å²) in [5.74, 6) is -0.592.